The lowest BCUT2D eigenvalue weighted by Gasteiger charge is -2.13. The maximum absolute atomic E-state index is 12.1. The molecule has 0 unspecified atom stereocenters. The zero-order valence-corrected chi connectivity index (χ0v) is 12.7. The summed E-state index contributed by atoms with van der Waals surface area (Å²) in [6, 6.07) is 3.04. The first-order valence-corrected chi connectivity index (χ1v) is 6.40. The highest BCUT2D eigenvalue weighted by atomic mass is 16.5. The van der Waals surface area contributed by atoms with Crippen LogP contribution in [0.4, 0.5) is 5.69 Å². The van der Waals surface area contributed by atoms with Crippen molar-refractivity contribution in [1.29, 1.82) is 0 Å². The number of ether oxygens (including phenoxy) is 2. The van der Waals surface area contributed by atoms with Gasteiger partial charge in [0.15, 0.2) is 11.5 Å². The molecule has 7 heteroatoms. The Hall–Kier alpha value is -2.44. The third-order valence-corrected chi connectivity index (χ3v) is 2.92. The minimum absolute atomic E-state index is 0.0596. The number of benzene rings is 1. The number of carbonyl (C=O) groups is 2. The molecule has 0 saturated heterocycles. The van der Waals surface area contributed by atoms with Crippen LogP contribution in [-0.4, -0.2) is 51.6 Å². The lowest BCUT2D eigenvalue weighted by Crippen LogP contribution is -2.30. The number of carbonyl (C=O) groups excluding carboxylic acids is 2. The van der Waals surface area contributed by atoms with Crippen molar-refractivity contribution >= 4 is 17.5 Å². The Morgan fingerprint density at radius 1 is 1.19 bits per heavy atom. The number of nitrogens with two attached hydrogens (primary N) is 1. The molecule has 1 aromatic carbocycles. The number of nitrogen functional groups attached to an aromatic ring is 1. The van der Waals surface area contributed by atoms with E-state index in [1.54, 1.807) is 14.1 Å². The third kappa shape index (κ3) is 4.27. The second-order valence-corrected chi connectivity index (χ2v) is 4.59. The summed E-state index contributed by atoms with van der Waals surface area (Å²) in [5.74, 6) is 0.450. The number of rotatable bonds is 6. The van der Waals surface area contributed by atoms with Crippen molar-refractivity contribution in [3.8, 4) is 11.5 Å². The smallest absolute Gasteiger partial charge is 0.253 e. The Morgan fingerprint density at radius 2 is 1.76 bits per heavy atom. The second kappa shape index (κ2) is 7.37. The maximum atomic E-state index is 12.1. The molecule has 0 radical (unpaired) electrons. The van der Waals surface area contributed by atoms with Gasteiger partial charge in [0.2, 0.25) is 5.91 Å². The van der Waals surface area contributed by atoms with Crippen molar-refractivity contribution in [3.63, 3.8) is 0 Å². The molecule has 7 nitrogen and oxygen atoms in total. The average molecular weight is 295 g/mol. The van der Waals surface area contributed by atoms with Crippen LogP contribution in [-0.2, 0) is 4.79 Å². The van der Waals surface area contributed by atoms with Crippen molar-refractivity contribution in [1.82, 2.24) is 10.2 Å². The van der Waals surface area contributed by atoms with Gasteiger partial charge >= 0.3 is 0 Å². The van der Waals surface area contributed by atoms with Gasteiger partial charge in [-0.3, -0.25) is 9.59 Å². The van der Waals surface area contributed by atoms with Gasteiger partial charge in [0.1, 0.15) is 0 Å². The van der Waals surface area contributed by atoms with Gasteiger partial charge in [-0.05, 0) is 6.07 Å². The Morgan fingerprint density at radius 3 is 2.29 bits per heavy atom. The lowest BCUT2D eigenvalue weighted by molar-refractivity contribution is -0.128. The average Bonchev–Trinajstić information content (AvgIpc) is 2.46. The molecule has 0 saturated carbocycles. The fourth-order valence-corrected chi connectivity index (χ4v) is 1.69. The van der Waals surface area contributed by atoms with Crippen molar-refractivity contribution in [2.75, 3.05) is 40.6 Å². The Kier molecular flexibility index (Phi) is 5.83. The monoisotopic (exact) mass is 295 g/mol. The molecular formula is C14H21N3O4. The van der Waals surface area contributed by atoms with E-state index in [-0.39, 0.29) is 36.0 Å². The molecule has 1 rings (SSSR count). The number of hydrogen-bond acceptors (Lipinski definition) is 5. The van der Waals surface area contributed by atoms with E-state index in [4.69, 9.17) is 15.2 Å². The molecule has 1 aromatic rings. The van der Waals surface area contributed by atoms with Crippen LogP contribution >= 0.6 is 0 Å². The first-order chi connectivity index (χ1) is 9.90. The van der Waals surface area contributed by atoms with Crippen LogP contribution in [0, 0.1) is 0 Å². The van der Waals surface area contributed by atoms with Gasteiger partial charge in [-0.2, -0.15) is 0 Å². The van der Waals surface area contributed by atoms with Gasteiger partial charge in [-0.25, -0.2) is 0 Å². The van der Waals surface area contributed by atoms with E-state index in [9.17, 15) is 9.59 Å². The zero-order valence-electron chi connectivity index (χ0n) is 12.7. The third-order valence-electron chi connectivity index (χ3n) is 2.92. The van der Waals surface area contributed by atoms with Gasteiger partial charge in [-0.1, -0.05) is 0 Å². The number of methoxy groups -OCH3 is 2. The maximum Gasteiger partial charge on any atom is 0.253 e. The second-order valence-electron chi connectivity index (χ2n) is 4.59. The molecule has 0 bridgehead atoms. The molecular weight excluding hydrogens is 274 g/mol. The van der Waals surface area contributed by atoms with E-state index in [0.29, 0.717) is 11.5 Å². The lowest BCUT2D eigenvalue weighted by atomic mass is 10.1. The zero-order chi connectivity index (χ0) is 16.0. The summed E-state index contributed by atoms with van der Waals surface area (Å²) in [5.41, 5.74) is 6.39. The topological polar surface area (TPSA) is 93.9 Å². The summed E-state index contributed by atoms with van der Waals surface area (Å²) < 4.78 is 10.2. The largest absolute Gasteiger partial charge is 0.493 e. The van der Waals surface area contributed by atoms with Gasteiger partial charge in [0.25, 0.3) is 5.91 Å². The van der Waals surface area contributed by atoms with E-state index in [1.807, 2.05) is 0 Å². The molecule has 116 valence electrons. The Bertz CT molecular complexity index is 529. The van der Waals surface area contributed by atoms with Crippen LogP contribution in [0.5, 0.6) is 11.5 Å². The molecule has 0 aliphatic heterocycles. The SMILES string of the molecule is COc1cc(N)c(C(=O)NCCC(=O)N(C)C)cc1OC. The summed E-state index contributed by atoms with van der Waals surface area (Å²) >= 11 is 0. The molecule has 0 heterocycles. The number of anilines is 1. The number of nitrogens with one attached hydrogen (secondary N) is 1. The first-order valence-electron chi connectivity index (χ1n) is 6.40. The van der Waals surface area contributed by atoms with E-state index >= 15 is 0 Å². The van der Waals surface area contributed by atoms with Gasteiger partial charge in [0, 0.05) is 38.8 Å². The van der Waals surface area contributed by atoms with Crippen LogP contribution in [0.1, 0.15) is 16.8 Å². The summed E-state index contributed by atoms with van der Waals surface area (Å²) in [4.78, 5) is 25.0. The molecule has 3 N–H and O–H groups in total. The minimum Gasteiger partial charge on any atom is -0.493 e. The van der Waals surface area contributed by atoms with Crippen LogP contribution in [0.15, 0.2) is 12.1 Å². The van der Waals surface area contributed by atoms with Crippen LogP contribution in [0.2, 0.25) is 0 Å². The van der Waals surface area contributed by atoms with Gasteiger partial charge in [0.05, 0.1) is 19.8 Å². The highest BCUT2D eigenvalue weighted by molar-refractivity contribution is 6.00. The van der Waals surface area contributed by atoms with E-state index in [2.05, 4.69) is 5.32 Å². The molecule has 0 aromatic heterocycles. The van der Waals surface area contributed by atoms with Crippen LogP contribution < -0.4 is 20.5 Å². The first kappa shape index (κ1) is 16.6. The highest BCUT2D eigenvalue weighted by Gasteiger charge is 2.15. The van der Waals surface area contributed by atoms with Gasteiger partial charge in [-0.15, -0.1) is 0 Å². The number of amides is 2. The summed E-state index contributed by atoms with van der Waals surface area (Å²) in [5, 5.41) is 2.65. The standard InChI is InChI=1S/C14H21N3O4/c1-17(2)13(18)5-6-16-14(19)9-7-11(20-3)12(21-4)8-10(9)15/h7-8H,5-6,15H2,1-4H3,(H,16,19). The normalized spacial score (nSPS) is 9.90. The fraction of sp³-hybridized carbons (Fsp3) is 0.429. The summed E-state index contributed by atoms with van der Waals surface area (Å²) in [6.45, 7) is 0.240. The Balaban J connectivity index is 2.76. The molecule has 0 fully saturated rings. The highest BCUT2D eigenvalue weighted by Crippen LogP contribution is 2.31. The van der Waals surface area contributed by atoms with E-state index in [1.165, 1.54) is 31.3 Å². The molecule has 0 spiro atoms. The minimum atomic E-state index is -0.361. The van der Waals surface area contributed by atoms with Crippen molar-refractivity contribution in [3.05, 3.63) is 17.7 Å². The molecule has 21 heavy (non-hydrogen) atoms. The van der Waals surface area contributed by atoms with E-state index in [0.717, 1.165) is 0 Å². The predicted molar refractivity (Wildman–Crippen MR) is 79.6 cm³/mol. The number of nitrogens with zero attached hydrogens (tertiary/aromatic N) is 1. The van der Waals surface area contributed by atoms with Crippen molar-refractivity contribution in [2.45, 2.75) is 6.42 Å². The van der Waals surface area contributed by atoms with Crippen LogP contribution in [0.3, 0.4) is 0 Å². The quantitative estimate of drug-likeness (QED) is 0.745. The number of hydrogen-bond donors (Lipinski definition) is 2. The van der Waals surface area contributed by atoms with E-state index < -0.39 is 0 Å². The summed E-state index contributed by atoms with van der Waals surface area (Å²) in [6.07, 6.45) is 0.228. The Labute approximate surface area is 124 Å². The predicted octanol–water partition coefficient (Wildman–Crippen LogP) is 0.494. The van der Waals surface area contributed by atoms with Crippen molar-refractivity contribution < 1.29 is 19.1 Å². The molecule has 2 amide bonds. The molecule has 0 aliphatic rings. The molecule has 0 atom stereocenters. The van der Waals surface area contributed by atoms with Crippen LogP contribution in [0.25, 0.3) is 0 Å². The van der Waals surface area contributed by atoms with Gasteiger partial charge < -0.3 is 25.4 Å². The summed E-state index contributed by atoms with van der Waals surface area (Å²) in [7, 11) is 6.29. The molecule has 0 aliphatic carbocycles. The fourth-order valence-electron chi connectivity index (χ4n) is 1.69. The van der Waals surface area contributed by atoms with Crippen molar-refractivity contribution in [2.24, 2.45) is 0 Å².